The quantitative estimate of drug-likeness (QED) is 0.518. The van der Waals surface area contributed by atoms with Crippen LogP contribution in [0.25, 0.3) is 0 Å². The van der Waals surface area contributed by atoms with Crippen molar-refractivity contribution in [2.24, 2.45) is 0 Å². The number of thiophene rings is 1. The Morgan fingerprint density at radius 2 is 1.93 bits per heavy atom. The first-order valence-corrected chi connectivity index (χ1v) is 9.11. The molecule has 5 nitrogen and oxygen atoms in total. The highest BCUT2D eigenvalue weighted by Gasteiger charge is 2.33. The van der Waals surface area contributed by atoms with Crippen LogP contribution in [0.2, 0.25) is 5.02 Å². The first kappa shape index (κ1) is 19.2. The Morgan fingerprint density at radius 3 is 2.63 bits per heavy atom. The van der Waals surface area contributed by atoms with Gasteiger partial charge in [0.25, 0.3) is 0 Å². The van der Waals surface area contributed by atoms with Gasteiger partial charge in [-0.1, -0.05) is 17.7 Å². The first-order valence-electron chi connectivity index (χ1n) is 7.85. The monoisotopic (exact) mass is 413 g/mol. The maximum absolute atomic E-state index is 13.0. The second kappa shape index (κ2) is 8.01. The molecule has 0 aliphatic heterocycles. The van der Waals surface area contributed by atoms with Crippen LogP contribution in [0.4, 0.5) is 36.2 Å². The van der Waals surface area contributed by atoms with Crippen LogP contribution in [0.1, 0.15) is 10.4 Å². The summed E-state index contributed by atoms with van der Waals surface area (Å²) in [5, 5.41) is 7.52. The third-order valence-electron chi connectivity index (χ3n) is 3.66. The lowest BCUT2D eigenvalue weighted by molar-refractivity contribution is -0.137. The van der Waals surface area contributed by atoms with E-state index in [1.807, 2.05) is 17.5 Å². The number of alkyl halides is 3. The fourth-order valence-corrected chi connectivity index (χ4v) is 3.29. The van der Waals surface area contributed by atoms with Gasteiger partial charge in [-0.15, -0.1) is 11.3 Å². The standard InChI is InChI=1S/C17H15ClF3N5S/c18-13-4-3-10(8-12(13)17(19,20)21)26-16-14(22)15(24-9-25-16)23-6-5-11-2-1-7-27-11/h1-4,7-9H,5-6,22H2,(H2,23,24,25,26). The minimum atomic E-state index is -4.56. The van der Waals surface area contributed by atoms with Crippen molar-refractivity contribution in [1.82, 2.24) is 9.97 Å². The summed E-state index contributed by atoms with van der Waals surface area (Å²) in [5.41, 5.74) is 5.50. The van der Waals surface area contributed by atoms with Crippen molar-refractivity contribution >= 4 is 45.9 Å². The number of benzene rings is 1. The summed E-state index contributed by atoms with van der Waals surface area (Å²) >= 11 is 7.29. The largest absolute Gasteiger partial charge is 0.417 e. The summed E-state index contributed by atoms with van der Waals surface area (Å²) in [6.07, 6.45) is -2.47. The zero-order valence-corrected chi connectivity index (χ0v) is 15.4. The fourth-order valence-electron chi connectivity index (χ4n) is 2.35. The highest BCUT2D eigenvalue weighted by Crippen LogP contribution is 2.37. The van der Waals surface area contributed by atoms with Gasteiger partial charge in [0.15, 0.2) is 11.6 Å². The van der Waals surface area contributed by atoms with E-state index in [1.165, 1.54) is 23.3 Å². The molecule has 0 aliphatic rings. The molecule has 0 fully saturated rings. The smallest absolute Gasteiger partial charge is 0.393 e. The van der Waals surface area contributed by atoms with E-state index in [-0.39, 0.29) is 22.2 Å². The Kier molecular flexibility index (Phi) is 5.71. The van der Waals surface area contributed by atoms with Gasteiger partial charge in [0.05, 0.1) is 10.6 Å². The number of hydrogen-bond donors (Lipinski definition) is 3. The van der Waals surface area contributed by atoms with Crippen LogP contribution < -0.4 is 16.4 Å². The van der Waals surface area contributed by atoms with E-state index >= 15 is 0 Å². The van der Waals surface area contributed by atoms with Crippen molar-refractivity contribution in [2.45, 2.75) is 12.6 Å². The van der Waals surface area contributed by atoms with E-state index in [0.717, 1.165) is 12.5 Å². The van der Waals surface area contributed by atoms with Crippen LogP contribution in [0.15, 0.2) is 42.0 Å². The summed E-state index contributed by atoms with van der Waals surface area (Å²) in [7, 11) is 0. The molecule has 3 aromatic rings. The molecule has 2 aromatic heterocycles. The molecule has 0 aliphatic carbocycles. The maximum Gasteiger partial charge on any atom is 0.417 e. The number of nitrogens with zero attached hydrogens (tertiary/aromatic N) is 2. The molecular formula is C17H15ClF3N5S. The highest BCUT2D eigenvalue weighted by molar-refractivity contribution is 7.09. The molecule has 3 rings (SSSR count). The number of nitrogens with two attached hydrogens (primary N) is 1. The molecule has 0 spiro atoms. The number of aromatic nitrogens is 2. The zero-order chi connectivity index (χ0) is 19.4. The predicted octanol–water partition coefficient (Wildman–Crippen LogP) is 5.19. The lowest BCUT2D eigenvalue weighted by Gasteiger charge is -2.14. The topological polar surface area (TPSA) is 75.9 Å². The molecule has 27 heavy (non-hydrogen) atoms. The van der Waals surface area contributed by atoms with Gasteiger partial charge in [-0.2, -0.15) is 13.2 Å². The second-order valence-electron chi connectivity index (χ2n) is 5.56. The van der Waals surface area contributed by atoms with Gasteiger partial charge in [-0.25, -0.2) is 9.97 Å². The predicted molar refractivity (Wildman–Crippen MR) is 103 cm³/mol. The van der Waals surface area contributed by atoms with Crippen molar-refractivity contribution in [1.29, 1.82) is 0 Å². The van der Waals surface area contributed by atoms with E-state index in [9.17, 15) is 13.2 Å². The second-order valence-corrected chi connectivity index (χ2v) is 7.00. The minimum Gasteiger partial charge on any atom is -0.393 e. The first-order chi connectivity index (χ1) is 12.8. The molecule has 142 valence electrons. The molecule has 4 N–H and O–H groups in total. The van der Waals surface area contributed by atoms with E-state index in [0.29, 0.717) is 12.4 Å². The van der Waals surface area contributed by atoms with Gasteiger partial charge in [-0.05, 0) is 36.1 Å². The van der Waals surface area contributed by atoms with Crippen molar-refractivity contribution in [3.05, 3.63) is 57.5 Å². The number of nitrogens with one attached hydrogen (secondary N) is 2. The van der Waals surface area contributed by atoms with Crippen molar-refractivity contribution < 1.29 is 13.2 Å². The minimum absolute atomic E-state index is 0.168. The molecule has 0 saturated heterocycles. The Bertz CT molecular complexity index is 915. The van der Waals surface area contributed by atoms with Crippen LogP contribution in [-0.2, 0) is 12.6 Å². The van der Waals surface area contributed by atoms with Crippen LogP contribution >= 0.6 is 22.9 Å². The average Bonchev–Trinajstić information content (AvgIpc) is 3.12. The molecule has 1 aromatic carbocycles. The van der Waals surface area contributed by atoms with E-state index < -0.39 is 11.7 Å². The van der Waals surface area contributed by atoms with Gasteiger partial charge in [-0.3, -0.25) is 0 Å². The van der Waals surface area contributed by atoms with Gasteiger partial charge in [0.1, 0.15) is 12.0 Å². The van der Waals surface area contributed by atoms with E-state index in [4.69, 9.17) is 17.3 Å². The zero-order valence-electron chi connectivity index (χ0n) is 13.8. The van der Waals surface area contributed by atoms with Gasteiger partial charge in [0.2, 0.25) is 0 Å². The molecule has 0 bridgehead atoms. The maximum atomic E-state index is 13.0. The van der Waals surface area contributed by atoms with E-state index in [1.54, 1.807) is 11.3 Å². The normalized spacial score (nSPS) is 11.4. The Morgan fingerprint density at radius 1 is 1.15 bits per heavy atom. The summed E-state index contributed by atoms with van der Waals surface area (Å²) < 4.78 is 39.0. The third kappa shape index (κ3) is 4.81. The van der Waals surface area contributed by atoms with Crippen molar-refractivity contribution in [3.8, 4) is 0 Å². The highest BCUT2D eigenvalue weighted by atomic mass is 35.5. The van der Waals surface area contributed by atoms with E-state index in [2.05, 4.69) is 20.6 Å². The number of rotatable bonds is 6. The molecule has 0 amide bonds. The fraction of sp³-hybridized carbons (Fsp3) is 0.176. The van der Waals surface area contributed by atoms with Gasteiger partial charge < -0.3 is 16.4 Å². The Balaban J connectivity index is 1.74. The Hall–Kier alpha value is -2.52. The van der Waals surface area contributed by atoms with Gasteiger partial charge >= 0.3 is 6.18 Å². The number of anilines is 4. The summed E-state index contributed by atoms with van der Waals surface area (Å²) in [5.74, 6) is 0.619. The molecule has 0 atom stereocenters. The third-order valence-corrected chi connectivity index (χ3v) is 4.93. The molecular weight excluding hydrogens is 399 g/mol. The lowest BCUT2D eigenvalue weighted by atomic mass is 10.2. The average molecular weight is 414 g/mol. The van der Waals surface area contributed by atoms with Crippen molar-refractivity contribution in [2.75, 3.05) is 22.9 Å². The summed E-state index contributed by atoms with van der Waals surface area (Å²) in [4.78, 5) is 9.31. The van der Waals surface area contributed by atoms with Crippen molar-refractivity contribution in [3.63, 3.8) is 0 Å². The number of halogens is 4. The Labute approximate surface area is 162 Å². The molecule has 0 saturated carbocycles. The summed E-state index contributed by atoms with van der Waals surface area (Å²) in [6, 6.07) is 7.50. The van der Waals surface area contributed by atoms with Crippen LogP contribution in [0, 0.1) is 0 Å². The lowest BCUT2D eigenvalue weighted by Crippen LogP contribution is -2.11. The SMILES string of the molecule is Nc1c(NCCc2cccs2)ncnc1Nc1ccc(Cl)c(C(F)(F)F)c1. The van der Waals surface area contributed by atoms with Crippen LogP contribution in [0.5, 0.6) is 0 Å². The molecule has 2 heterocycles. The van der Waals surface area contributed by atoms with Crippen LogP contribution in [-0.4, -0.2) is 16.5 Å². The molecule has 0 radical (unpaired) electrons. The van der Waals surface area contributed by atoms with Crippen LogP contribution in [0.3, 0.4) is 0 Å². The molecule has 0 unspecified atom stereocenters. The number of nitrogen functional groups attached to an aromatic ring is 1. The molecule has 10 heteroatoms. The summed E-state index contributed by atoms with van der Waals surface area (Å²) in [6.45, 7) is 0.611. The number of hydrogen-bond acceptors (Lipinski definition) is 6. The van der Waals surface area contributed by atoms with Gasteiger partial charge in [0, 0.05) is 17.1 Å².